The molecular formula is C22H21F3N4O4. The average molecular weight is 462 g/mol. The van der Waals surface area contributed by atoms with Crippen molar-refractivity contribution < 1.29 is 27.8 Å². The van der Waals surface area contributed by atoms with Gasteiger partial charge in [-0.2, -0.15) is 9.78 Å². The molecule has 0 atom stereocenters. The number of pyridine rings is 1. The first-order chi connectivity index (χ1) is 15.6. The van der Waals surface area contributed by atoms with E-state index < -0.39 is 23.6 Å². The number of hydrogen-bond acceptors (Lipinski definition) is 6. The molecule has 3 aromatic rings. The maximum Gasteiger partial charge on any atom is 0.573 e. The van der Waals surface area contributed by atoms with Crippen LogP contribution in [0.25, 0.3) is 16.9 Å². The minimum atomic E-state index is -4.81. The number of carbonyl (C=O) groups is 1. The first-order valence-electron chi connectivity index (χ1n) is 10.0. The van der Waals surface area contributed by atoms with Crippen molar-refractivity contribution in [3.05, 3.63) is 70.8 Å². The predicted octanol–water partition coefficient (Wildman–Crippen LogP) is 3.21. The van der Waals surface area contributed by atoms with Gasteiger partial charge in [0.25, 0.3) is 11.5 Å². The number of alkyl halides is 3. The van der Waals surface area contributed by atoms with Gasteiger partial charge in [-0.05, 0) is 55.3 Å². The van der Waals surface area contributed by atoms with Crippen LogP contribution in [0.5, 0.6) is 5.75 Å². The molecule has 3 N–H and O–H groups in total. The number of benzene rings is 1. The maximum absolute atomic E-state index is 12.4. The standard InChI is InChI=1S/C17H11F3N4O3.C5H10O/c18-17(19,20)27-12-5-3-10(4-6-12)14-8-13(15(21)25)16(26)24(23-14)11-2-1-7-22-9-11;6-5-3-1-2-4-5/h1-9H,(H2,21,25);5-6H,1-4H2. The lowest BCUT2D eigenvalue weighted by molar-refractivity contribution is -0.274. The van der Waals surface area contributed by atoms with Crippen LogP contribution in [0.2, 0.25) is 0 Å². The summed E-state index contributed by atoms with van der Waals surface area (Å²) >= 11 is 0. The maximum atomic E-state index is 12.4. The number of carbonyl (C=O) groups excluding carboxylic acids is 1. The van der Waals surface area contributed by atoms with Crippen LogP contribution in [0.1, 0.15) is 36.0 Å². The summed E-state index contributed by atoms with van der Waals surface area (Å²) in [4.78, 5) is 27.9. The number of rotatable bonds is 4. The van der Waals surface area contributed by atoms with Crippen LogP contribution in [0.3, 0.4) is 0 Å². The number of nitrogens with two attached hydrogens (primary N) is 1. The van der Waals surface area contributed by atoms with Crippen molar-refractivity contribution in [2.45, 2.75) is 38.1 Å². The lowest BCUT2D eigenvalue weighted by atomic mass is 10.1. The molecule has 11 heteroatoms. The number of aliphatic hydroxyl groups is 1. The highest BCUT2D eigenvalue weighted by Gasteiger charge is 2.31. The Balaban J connectivity index is 0.000000442. The molecule has 1 amide bonds. The predicted molar refractivity (Wildman–Crippen MR) is 113 cm³/mol. The average Bonchev–Trinajstić information content (AvgIpc) is 3.25. The van der Waals surface area contributed by atoms with Crippen molar-refractivity contribution in [1.29, 1.82) is 0 Å². The fourth-order valence-corrected chi connectivity index (χ4v) is 3.20. The van der Waals surface area contributed by atoms with Crippen molar-refractivity contribution in [2.75, 3.05) is 0 Å². The third-order valence-corrected chi connectivity index (χ3v) is 4.78. The second kappa shape index (κ2) is 10.3. The summed E-state index contributed by atoms with van der Waals surface area (Å²) in [6.45, 7) is 0. The van der Waals surface area contributed by atoms with Gasteiger partial charge in [-0.1, -0.05) is 12.8 Å². The SMILES string of the molecule is NC(=O)c1cc(-c2ccc(OC(F)(F)F)cc2)nn(-c2cccnc2)c1=O.OC1CCCC1. The van der Waals surface area contributed by atoms with Crippen LogP contribution >= 0.6 is 0 Å². The molecule has 1 aliphatic carbocycles. The van der Waals surface area contributed by atoms with Gasteiger partial charge < -0.3 is 15.6 Å². The van der Waals surface area contributed by atoms with Crippen molar-refractivity contribution >= 4 is 5.91 Å². The molecule has 1 aromatic carbocycles. The van der Waals surface area contributed by atoms with E-state index in [-0.39, 0.29) is 17.4 Å². The topological polar surface area (TPSA) is 120 Å². The molecule has 33 heavy (non-hydrogen) atoms. The molecule has 0 spiro atoms. The van der Waals surface area contributed by atoms with E-state index in [4.69, 9.17) is 10.8 Å². The van der Waals surface area contributed by atoms with Crippen LogP contribution in [0.15, 0.2) is 59.7 Å². The van der Waals surface area contributed by atoms with Gasteiger partial charge in [0.05, 0.1) is 23.7 Å². The van der Waals surface area contributed by atoms with Crippen LogP contribution < -0.4 is 16.0 Å². The minimum absolute atomic E-state index is 0.0463. The zero-order valence-electron chi connectivity index (χ0n) is 17.3. The molecule has 1 fully saturated rings. The number of nitrogens with zero attached hydrogens (tertiary/aromatic N) is 3. The Bertz CT molecular complexity index is 1140. The van der Waals surface area contributed by atoms with Crippen LogP contribution in [-0.4, -0.2) is 38.2 Å². The second-order valence-electron chi connectivity index (χ2n) is 7.25. The van der Waals surface area contributed by atoms with E-state index in [1.165, 1.54) is 43.4 Å². The second-order valence-corrected chi connectivity index (χ2v) is 7.25. The molecule has 174 valence electrons. The minimum Gasteiger partial charge on any atom is -0.406 e. The summed E-state index contributed by atoms with van der Waals surface area (Å²) in [5.74, 6) is -1.37. The van der Waals surface area contributed by atoms with E-state index in [0.717, 1.165) is 29.7 Å². The number of aliphatic hydroxyl groups excluding tert-OH is 1. The molecule has 0 saturated heterocycles. The van der Waals surface area contributed by atoms with Gasteiger partial charge in [-0.25, -0.2) is 0 Å². The van der Waals surface area contributed by atoms with Gasteiger partial charge in [-0.3, -0.25) is 14.6 Å². The van der Waals surface area contributed by atoms with Crippen molar-refractivity contribution in [2.24, 2.45) is 5.73 Å². The van der Waals surface area contributed by atoms with Crippen molar-refractivity contribution in [3.8, 4) is 22.7 Å². The zero-order valence-corrected chi connectivity index (χ0v) is 17.3. The highest BCUT2D eigenvalue weighted by molar-refractivity contribution is 5.93. The van der Waals surface area contributed by atoms with Gasteiger partial charge in [0.15, 0.2) is 0 Å². The Kier molecular flexibility index (Phi) is 7.44. The Morgan fingerprint density at radius 2 is 1.82 bits per heavy atom. The normalized spacial score (nSPS) is 13.8. The lowest BCUT2D eigenvalue weighted by Gasteiger charge is -2.11. The molecule has 0 radical (unpaired) electrons. The summed E-state index contributed by atoms with van der Waals surface area (Å²) < 4.78 is 41.5. The molecule has 2 heterocycles. The first-order valence-corrected chi connectivity index (χ1v) is 10.0. The number of amides is 1. The van der Waals surface area contributed by atoms with E-state index in [9.17, 15) is 22.8 Å². The molecule has 1 aliphatic rings. The molecule has 0 unspecified atom stereocenters. The van der Waals surface area contributed by atoms with Crippen molar-refractivity contribution in [1.82, 2.24) is 14.8 Å². The first kappa shape index (κ1) is 23.9. The number of halogens is 3. The molecular weight excluding hydrogens is 441 g/mol. The lowest BCUT2D eigenvalue weighted by Crippen LogP contribution is -2.30. The molecule has 0 bridgehead atoms. The zero-order chi connectivity index (χ0) is 24.0. The summed E-state index contributed by atoms with van der Waals surface area (Å²) in [5.41, 5.74) is 5.01. The van der Waals surface area contributed by atoms with Crippen LogP contribution in [-0.2, 0) is 0 Å². The highest BCUT2D eigenvalue weighted by Crippen LogP contribution is 2.26. The quantitative estimate of drug-likeness (QED) is 0.614. The highest BCUT2D eigenvalue weighted by atomic mass is 19.4. The third kappa shape index (κ3) is 6.62. The Morgan fingerprint density at radius 1 is 1.15 bits per heavy atom. The number of primary amides is 1. The van der Waals surface area contributed by atoms with E-state index in [2.05, 4.69) is 14.8 Å². The largest absolute Gasteiger partial charge is 0.573 e. The number of ether oxygens (including phenoxy) is 1. The van der Waals surface area contributed by atoms with Crippen LogP contribution in [0.4, 0.5) is 13.2 Å². The van der Waals surface area contributed by atoms with E-state index >= 15 is 0 Å². The fourth-order valence-electron chi connectivity index (χ4n) is 3.20. The molecule has 8 nitrogen and oxygen atoms in total. The van der Waals surface area contributed by atoms with Gasteiger partial charge in [-0.15, -0.1) is 13.2 Å². The van der Waals surface area contributed by atoms with Crippen LogP contribution in [0, 0.1) is 0 Å². The van der Waals surface area contributed by atoms with E-state index in [0.29, 0.717) is 11.3 Å². The Morgan fingerprint density at radius 3 is 2.30 bits per heavy atom. The van der Waals surface area contributed by atoms with Gasteiger partial charge >= 0.3 is 6.36 Å². The number of hydrogen-bond donors (Lipinski definition) is 2. The third-order valence-electron chi connectivity index (χ3n) is 4.78. The van der Waals surface area contributed by atoms with Crippen molar-refractivity contribution in [3.63, 3.8) is 0 Å². The Labute approximate surface area is 186 Å². The summed E-state index contributed by atoms with van der Waals surface area (Å²) in [6.07, 6.45) is 2.65. The summed E-state index contributed by atoms with van der Waals surface area (Å²) in [7, 11) is 0. The molecule has 4 rings (SSSR count). The van der Waals surface area contributed by atoms with Gasteiger partial charge in [0, 0.05) is 11.8 Å². The molecule has 2 aromatic heterocycles. The monoisotopic (exact) mass is 462 g/mol. The van der Waals surface area contributed by atoms with E-state index in [1.54, 1.807) is 12.1 Å². The Hall–Kier alpha value is -3.73. The molecule has 1 saturated carbocycles. The summed E-state index contributed by atoms with van der Waals surface area (Å²) in [5, 5.41) is 12.9. The van der Waals surface area contributed by atoms with E-state index in [1.807, 2.05) is 0 Å². The van der Waals surface area contributed by atoms with Gasteiger partial charge in [0.1, 0.15) is 11.3 Å². The summed E-state index contributed by atoms with van der Waals surface area (Å²) in [6, 6.07) is 9.11. The molecule has 0 aliphatic heterocycles. The smallest absolute Gasteiger partial charge is 0.406 e. The van der Waals surface area contributed by atoms with Gasteiger partial charge in [0.2, 0.25) is 0 Å². The number of aromatic nitrogens is 3. The fraction of sp³-hybridized carbons (Fsp3) is 0.273.